The molecule has 0 saturated carbocycles. The molecule has 7 heteroatoms. The van der Waals surface area contributed by atoms with E-state index in [-0.39, 0.29) is 0 Å². The van der Waals surface area contributed by atoms with Crippen LogP contribution >= 0.6 is 11.8 Å². The van der Waals surface area contributed by atoms with Gasteiger partial charge in [-0.3, -0.25) is 0 Å². The van der Waals surface area contributed by atoms with Crippen molar-refractivity contribution >= 4 is 21.8 Å². The van der Waals surface area contributed by atoms with Gasteiger partial charge in [-0.05, 0) is 44.4 Å². The van der Waals surface area contributed by atoms with E-state index in [0.29, 0.717) is 18.0 Å². The predicted molar refractivity (Wildman–Crippen MR) is 90.3 cm³/mol. The number of thioether (sulfide) groups is 1. The summed E-state index contributed by atoms with van der Waals surface area (Å²) in [7, 11) is -3.39. The van der Waals surface area contributed by atoms with Crippen LogP contribution in [-0.2, 0) is 23.1 Å². The van der Waals surface area contributed by atoms with E-state index in [1.165, 1.54) is 0 Å². The molecule has 0 aliphatic carbocycles. The fourth-order valence-electron chi connectivity index (χ4n) is 2.03. The number of aromatic nitrogens is 1. The first kappa shape index (κ1) is 18.5. The summed E-state index contributed by atoms with van der Waals surface area (Å²) in [4.78, 5) is 0.363. The highest BCUT2D eigenvalue weighted by atomic mass is 32.2. The molecule has 0 atom stereocenters. The third-order valence-corrected chi connectivity index (χ3v) is 5.36. The second kappa shape index (κ2) is 9.50. The minimum atomic E-state index is -3.39. The molecule has 1 aromatic heterocycles. The molecule has 0 fully saturated rings. The Hall–Kier alpha value is -0.500. The molecule has 122 valence electrons. The minimum absolute atomic E-state index is 0.363. The van der Waals surface area contributed by atoms with Gasteiger partial charge < -0.3 is 9.88 Å². The molecule has 0 amide bonds. The van der Waals surface area contributed by atoms with Crippen molar-refractivity contribution in [3.63, 3.8) is 0 Å². The zero-order valence-corrected chi connectivity index (χ0v) is 14.8. The van der Waals surface area contributed by atoms with Gasteiger partial charge in [0.2, 0.25) is 10.0 Å². The molecule has 21 heavy (non-hydrogen) atoms. The highest BCUT2D eigenvalue weighted by molar-refractivity contribution is 7.98. The molecule has 0 spiro atoms. The quantitative estimate of drug-likeness (QED) is 0.608. The molecule has 0 aliphatic heterocycles. The summed E-state index contributed by atoms with van der Waals surface area (Å²) in [5.74, 6) is 1.07. The molecule has 1 aromatic rings. The number of hydrogen-bond acceptors (Lipinski definition) is 4. The Morgan fingerprint density at radius 2 is 2.05 bits per heavy atom. The van der Waals surface area contributed by atoms with Crippen LogP contribution in [0.15, 0.2) is 17.2 Å². The Morgan fingerprint density at radius 3 is 2.67 bits per heavy atom. The lowest BCUT2D eigenvalue weighted by Crippen LogP contribution is -2.24. The summed E-state index contributed by atoms with van der Waals surface area (Å²) in [5.41, 5.74) is 1.00. The van der Waals surface area contributed by atoms with E-state index in [0.717, 1.165) is 37.4 Å². The molecule has 0 aliphatic rings. The lowest BCUT2D eigenvalue weighted by Gasteiger charge is -2.05. The van der Waals surface area contributed by atoms with Gasteiger partial charge in [-0.25, -0.2) is 13.1 Å². The molecular weight excluding hydrogens is 306 g/mol. The fraction of sp³-hybridized carbons (Fsp3) is 0.714. The van der Waals surface area contributed by atoms with Gasteiger partial charge in [-0.2, -0.15) is 11.8 Å². The van der Waals surface area contributed by atoms with Crippen LogP contribution in [0.4, 0.5) is 0 Å². The number of rotatable bonds is 11. The lowest BCUT2D eigenvalue weighted by atomic mass is 10.3. The summed E-state index contributed by atoms with van der Waals surface area (Å²) in [6.07, 6.45) is 5.69. The van der Waals surface area contributed by atoms with Gasteiger partial charge in [0.05, 0.1) is 4.90 Å². The lowest BCUT2D eigenvalue weighted by molar-refractivity contribution is 0.578. The van der Waals surface area contributed by atoms with Crippen LogP contribution < -0.4 is 10.0 Å². The molecule has 5 nitrogen and oxygen atoms in total. The first-order chi connectivity index (χ1) is 10.0. The van der Waals surface area contributed by atoms with Crippen molar-refractivity contribution in [2.45, 2.75) is 44.7 Å². The van der Waals surface area contributed by atoms with Crippen molar-refractivity contribution in [2.75, 3.05) is 25.1 Å². The second-order valence-corrected chi connectivity index (χ2v) is 7.58. The zero-order chi connectivity index (χ0) is 15.7. The molecule has 2 N–H and O–H groups in total. The SMILES string of the molecule is CCNCc1cc(S(=O)(=O)NCCCCSC)cn1CC. The maximum atomic E-state index is 12.3. The van der Waals surface area contributed by atoms with Gasteiger partial charge in [-0.15, -0.1) is 0 Å². The summed E-state index contributed by atoms with van der Waals surface area (Å²) < 4.78 is 29.2. The zero-order valence-electron chi connectivity index (χ0n) is 13.2. The average Bonchev–Trinajstić information content (AvgIpc) is 2.89. The van der Waals surface area contributed by atoms with Crippen LogP contribution in [0.5, 0.6) is 0 Å². The van der Waals surface area contributed by atoms with Gasteiger partial charge in [0, 0.05) is 31.5 Å². The molecule has 0 radical (unpaired) electrons. The molecule has 0 unspecified atom stereocenters. The maximum Gasteiger partial charge on any atom is 0.242 e. The van der Waals surface area contributed by atoms with Crippen LogP contribution in [0, 0.1) is 0 Å². The van der Waals surface area contributed by atoms with Crippen LogP contribution in [-0.4, -0.2) is 38.1 Å². The molecule has 0 saturated heterocycles. The van der Waals surface area contributed by atoms with Crippen molar-refractivity contribution in [1.82, 2.24) is 14.6 Å². The van der Waals surface area contributed by atoms with E-state index < -0.39 is 10.0 Å². The van der Waals surface area contributed by atoms with Crippen LogP contribution in [0.1, 0.15) is 32.4 Å². The molecule has 0 bridgehead atoms. The van der Waals surface area contributed by atoms with Gasteiger partial charge in [-0.1, -0.05) is 6.92 Å². The summed E-state index contributed by atoms with van der Waals surface area (Å²) in [6, 6.07) is 1.76. The van der Waals surface area contributed by atoms with E-state index >= 15 is 0 Å². The van der Waals surface area contributed by atoms with Gasteiger partial charge in [0.1, 0.15) is 0 Å². The van der Waals surface area contributed by atoms with Gasteiger partial charge in [0.25, 0.3) is 0 Å². The van der Waals surface area contributed by atoms with Crippen LogP contribution in [0.2, 0.25) is 0 Å². The summed E-state index contributed by atoms with van der Waals surface area (Å²) in [6.45, 7) is 6.87. The third kappa shape index (κ3) is 6.02. The van der Waals surface area contributed by atoms with Crippen molar-refractivity contribution in [1.29, 1.82) is 0 Å². The number of nitrogens with zero attached hydrogens (tertiary/aromatic N) is 1. The van der Waals surface area contributed by atoms with Gasteiger partial charge in [0.15, 0.2) is 0 Å². The standard InChI is InChI=1S/C14H27N3O2S2/c1-4-15-11-13-10-14(12-17(13)5-2)21(18,19)16-8-6-7-9-20-3/h10,12,15-16H,4-9,11H2,1-3H3. The number of nitrogens with one attached hydrogen (secondary N) is 2. The Balaban J connectivity index is 2.67. The van der Waals surface area contributed by atoms with E-state index in [4.69, 9.17) is 0 Å². The normalized spacial score (nSPS) is 12.0. The number of unbranched alkanes of at least 4 members (excludes halogenated alkanes) is 1. The Bertz CT molecular complexity index is 512. The van der Waals surface area contributed by atoms with Gasteiger partial charge >= 0.3 is 0 Å². The first-order valence-electron chi connectivity index (χ1n) is 7.43. The fourth-order valence-corrected chi connectivity index (χ4v) is 3.66. The van der Waals surface area contributed by atoms with E-state index in [2.05, 4.69) is 16.3 Å². The molecule has 1 heterocycles. The Kier molecular flexibility index (Phi) is 8.39. The minimum Gasteiger partial charge on any atom is -0.349 e. The van der Waals surface area contributed by atoms with Crippen molar-refractivity contribution in [3.8, 4) is 0 Å². The molecular formula is C14H27N3O2S2. The topological polar surface area (TPSA) is 63.1 Å². The molecule has 1 rings (SSSR count). The van der Waals surface area contributed by atoms with E-state index in [9.17, 15) is 8.42 Å². The maximum absolute atomic E-state index is 12.3. The second-order valence-electron chi connectivity index (χ2n) is 4.83. The number of sulfonamides is 1. The Morgan fingerprint density at radius 1 is 1.29 bits per heavy atom. The molecule has 0 aromatic carbocycles. The van der Waals surface area contributed by atoms with Crippen molar-refractivity contribution < 1.29 is 8.42 Å². The smallest absolute Gasteiger partial charge is 0.242 e. The summed E-state index contributed by atoms with van der Waals surface area (Å²) >= 11 is 1.78. The monoisotopic (exact) mass is 333 g/mol. The summed E-state index contributed by atoms with van der Waals surface area (Å²) in [5, 5.41) is 3.23. The average molecular weight is 334 g/mol. The van der Waals surface area contributed by atoms with Crippen LogP contribution in [0.3, 0.4) is 0 Å². The van der Waals surface area contributed by atoms with E-state index in [1.807, 2.05) is 18.4 Å². The predicted octanol–water partition coefficient (Wildman–Crippen LogP) is 2.04. The Labute approximate surface area is 132 Å². The van der Waals surface area contributed by atoms with Crippen molar-refractivity contribution in [2.24, 2.45) is 0 Å². The number of hydrogen-bond donors (Lipinski definition) is 2. The highest BCUT2D eigenvalue weighted by Crippen LogP contribution is 2.14. The van der Waals surface area contributed by atoms with Crippen molar-refractivity contribution in [3.05, 3.63) is 18.0 Å². The first-order valence-corrected chi connectivity index (χ1v) is 10.3. The third-order valence-electron chi connectivity index (χ3n) is 3.24. The van der Waals surface area contributed by atoms with Crippen LogP contribution in [0.25, 0.3) is 0 Å². The largest absolute Gasteiger partial charge is 0.349 e. The van der Waals surface area contributed by atoms with E-state index in [1.54, 1.807) is 24.0 Å². The number of aryl methyl sites for hydroxylation is 1. The highest BCUT2D eigenvalue weighted by Gasteiger charge is 2.17.